The van der Waals surface area contributed by atoms with E-state index < -0.39 is 11.6 Å². The number of nitrogens with zero attached hydrogens (tertiary/aromatic N) is 2. The van der Waals surface area contributed by atoms with Crippen LogP contribution in [0.15, 0.2) is 109 Å². The summed E-state index contributed by atoms with van der Waals surface area (Å²) in [5.41, 5.74) is 4.31. The van der Waals surface area contributed by atoms with E-state index in [0.717, 1.165) is 28.5 Å². The first-order chi connectivity index (χ1) is 15.7. The van der Waals surface area contributed by atoms with Gasteiger partial charge in [0.1, 0.15) is 0 Å². The Morgan fingerprint density at radius 2 is 1.36 bits per heavy atom. The quantitative estimate of drug-likeness (QED) is 0.204. The minimum Gasteiger partial charge on any atom is -0.305 e. The number of halogens is 2. The second-order valence-corrected chi connectivity index (χ2v) is 6.80. The topological polar surface area (TPSA) is 25.8 Å². The van der Waals surface area contributed by atoms with Gasteiger partial charge in [0.15, 0.2) is 0 Å². The maximum absolute atomic E-state index is 13.8. The van der Waals surface area contributed by atoms with E-state index in [4.69, 9.17) is 0 Å². The summed E-state index contributed by atoms with van der Waals surface area (Å²) >= 11 is 0. The molecule has 0 saturated carbocycles. The van der Waals surface area contributed by atoms with Gasteiger partial charge in [-0.15, -0.1) is 54.1 Å². The van der Waals surface area contributed by atoms with Gasteiger partial charge in [-0.3, -0.25) is 4.39 Å². The summed E-state index contributed by atoms with van der Waals surface area (Å²) in [6.45, 7) is 0. The van der Waals surface area contributed by atoms with E-state index >= 15 is 0 Å². The van der Waals surface area contributed by atoms with Crippen molar-refractivity contribution in [2.45, 2.75) is 0 Å². The minimum atomic E-state index is -0.926. The Balaban J connectivity index is 0.000000202. The normalized spacial score (nSPS) is 9.88. The van der Waals surface area contributed by atoms with Gasteiger partial charge in [0.05, 0.1) is 11.6 Å². The van der Waals surface area contributed by atoms with Crippen LogP contribution in [0.4, 0.5) is 8.78 Å². The third-order valence-electron chi connectivity index (χ3n) is 4.66. The number of benzene rings is 3. The maximum atomic E-state index is 13.8. The van der Waals surface area contributed by atoms with Crippen molar-refractivity contribution in [3.05, 3.63) is 133 Å². The number of pyridine rings is 2. The molecule has 33 heavy (non-hydrogen) atoms. The SMILES string of the molecule is Fc1cc[c-]c(-c2cc(-c3ccccc3)ccn2)c1F.[Ir].[c-]1ccccc1-c1ccccn1. The molecular weight excluding hydrogens is 595 g/mol. The Morgan fingerprint density at radius 1 is 0.606 bits per heavy atom. The van der Waals surface area contributed by atoms with Crippen molar-refractivity contribution in [2.75, 3.05) is 0 Å². The first-order valence-electron chi connectivity index (χ1n) is 9.98. The summed E-state index contributed by atoms with van der Waals surface area (Å²) in [6.07, 6.45) is 3.37. The second-order valence-electron chi connectivity index (χ2n) is 6.80. The third-order valence-corrected chi connectivity index (χ3v) is 4.66. The molecule has 0 saturated heterocycles. The van der Waals surface area contributed by atoms with Crippen molar-refractivity contribution in [1.29, 1.82) is 0 Å². The van der Waals surface area contributed by atoms with Crippen molar-refractivity contribution >= 4 is 0 Å². The number of aromatic nitrogens is 2. The molecule has 0 unspecified atom stereocenters. The fourth-order valence-electron chi connectivity index (χ4n) is 3.09. The van der Waals surface area contributed by atoms with Crippen LogP contribution in [0.3, 0.4) is 0 Å². The van der Waals surface area contributed by atoms with E-state index in [0.29, 0.717) is 5.69 Å². The fourth-order valence-corrected chi connectivity index (χ4v) is 3.09. The van der Waals surface area contributed by atoms with Gasteiger partial charge in [0.2, 0.25) is 0 Å². The molecule has 5 rings (SSSR count). The molecule has 2 aromatic heterocycles. The summed E-state index contributed by atoms with van der Waals surface area (Å²) in [5.74, 6) is -1.82. The molecule has 0 fully saturated rings. The molecule has 165 valence electrons. The molecule has 0 N–H and O–H groups in total. The molecule has 0 bridgehead atoms. The smallest absolute Gasteiger partial charge is 0.0765 e. The predicted molar refractivity (Wildman–Crippen MR) is 122 cm³/mol. The van der Waals surface area contributed by atoms with Crippen LogP contribution < -0.4 is 0 Å². The molecule has 0 atom stereocenters. The minimum absolute atomic E-state index is 0. The Kier molecular flexibility index (Phi) is 8.70. The van der Waals surface area contributed by atoms with Crippen molar-refractivity contribution in [3.63, 3.8) is 0 Å². The van der Waals surface area contributed by atoms with Gasteiger partial charge >= 0.3 is 0 Å². The van der Waals surface area contributed by atoms with Crippen LogP contribution in [0.1, 0.15) is 0 Å². The summed E-state index contributed by atoms with van der Waals surface area (Å²) in [6, 6.07) is 35.1. The molecule has 0 spiro atoms. The van der Waals surface area contributed by atoms with Gasteiger partial charge in [-0.25, -0.2) is 4.39 Å². The summed E-state index contributed by atoms with van der Waals surface area (Å²) in [5, 5.41) is 0. The van der Waals surface area contributed by atoms with E-state index in [1.807, 2.05) is 78.9 Å². The second kappa shape index (κ2) is 11.9. The Bertz CT molecular complexity index is 1240. The monoisotopic (exact) mass is 613 g/mol. The van der Waals surface area contributed by atoms with E-state index in [1.165, 1.54) is 6.07 Å². The van der Waals surface area contributed by atoms with Crippen molar-refractivity contribution in [1.82, 2.24) is 9.97 Å². The molecule has 2 heterocycles. The van der Waals surface area contributed by atoms with Crippen LogP contribution in [0.25, 0.3) is 33.6 Å². The Morgan fingerprint density at radius 3 is 2.09 bits per heavy atom. The van der Waals surface area contributed by atoms with Gasteiger partial charge in [-0.1, -0.05) is 54.1 Å². The summed E-state index contributed by atoms with van der Waals surface area (Å²) < 4.78 is 27.0. The van der Waals surface area contributed by atoms with Crippen molar-refractivity contribution in [3.8, 4) is 33.6 Å². The van der Waals surface area contributed by atoms with Crippen molar-refractivity contribution in [2.24, 2.45) is 0 Å². The Hall–Kier alpha value is -3.53. The molecule has 1 radical (unpaired) electrons. The number of hydrogen-bond donors (Lipinski definition) is 0. The van der Waals surface area contributed by atoms with E-state index in [-0.39, 0.29) is 25.7 Å². The third kappa shape index (κ3) is 6.26. The summed E-state index contributed by atoms with van der Waals surface area (Å²) in [7, 11) is 0. The van der Waals surface area contributed by atoms with E-state index in [9.17, 15) is 8.78 Å². The first-order valence-corrected chi connectivity index (χ1v) is 9.98. The zero-order valence-electron chi connectivity index (χ0n) is 17.4. The predicted octanol–water partition coefficient (Wildman–Crippen LogP) is 7.04. The van der Waals surface area contributed by atoms with E-state index in [2.05, 4.69) is 22.1 Å². The van der Waals surface area contributed by atoms with Crippen LogP contribution in [0.5, 0.6) is 0 Å². The zero-order chi connectivity index (χ0) is 22.2. The summed E-state index contributed by atoms with van der Waals surface area (Å²) in [4.78, 5) is 8.32. The molecule has 5 aromatic rings. The van der Waals surface area contributed by atoms with Gasteiger partial charge in [0, 0.05) is 32.5 Å². The molecule has 0 amide bonds. The van der Waals surface area contributed by atoms with Crippen LogP contribution >= 0.6 is 0 Å². The molecule has 5 heteroatoms. The molecule has 0 aliphatic carbocycles. The number of hydrogen-bond acceptors (Lipinski definition) is 2. The van der Waals surface area contributed by atoms with Crippen LogP contribution in [0, 0.1) is 23.8 Å². The number of rotatable bonds is 3. The van der Waals surface area contributed by atoms with E-state index in [1.54, 1.807) is 18.5 Å². The molecule has 0 aliphatic rings. The molecular formula is C28H18F2IrN2-2. The van der Waals surface area contributed by atoms with Gasteiger partial charge in [0.25, 0.3) is 0 Å². The average molecular weight is 613 g/mol. The molecule has 0 aliphatic heterocycles. The van der Waals surface area contributed by atoms with Gasteiger partial charge in [-0.05, 0) is 34.6 Å². The standard InChI is InChI=1S/C17H10F2N.C11H8N.Ir/c18-15-8-4-7-14(17(15)19)16-11-13(9-10-20-16)12-5-2-1-3-6-12;1-2-6-10(7-3-1)11-8-4-5-9-12-11;/h1-6,8-11H;1-6,8-9H;/q2*-1;. The zero-order valence-corrected chi connectivity index (χ0v) is 19.8. The first kappa shape index (κ1) is 24.1. The van der Waals surface area contributed by atoms with Crippen molar-refractivity contribution < 1.29 is 28.9 Å². The average Bonchev–Trinajstić information content (AvgIpc) is 2.88. The van der Waals surface area contributed by atoms with Crippen LogP contribution in [0.2, 0.25) is 0 Å². The fraction of sp³-hybridized carbons (Fsp3) is 0. The van der Waals surface area contributed by atoms with Crippen LogP contribution in [-0.4, -0.2) is 9.97 Å². The maximum Gasteiger partial charge on any atom is 0.0765 e. The van der Waals surface area contributed by atoms with Crippen LogP contribution in [-0.2, 0) is 20.1 Å². The molecule has 2 nitrogen and oxygen atoms in total. The van der Waals surface area contributed by atoms with Gasteiger partial charge in [-0.2, -0.15) is 0 Å². The Labute approximate surface area is 205 Å². The molecule has 3 aromatic carbocycles. The van der Waals surface area contributed by atoms with Gasteiger partial charge < -0.3 is 9.97 Å². The largest absolute Gasteiger partial charge is 0.305 e.